The van der Waals surface area contributed by atoms with Crippen molar-refractivity contribution in [2.24, 2.45) is 0 Å². The van der Waals surface area contributed by atoms with Crippen molar-refractivity contribution >= 4 is 21.6 Å². The van der Waals surface area contributed by atoms with Crippen LogP contribution in [-0.4, -0.2) is 20.4 Å². The van der Waals surface area contributed by atoms with E-state index in [-0.39, 0.29) is 16.8 Å². The van der Waals surface area contributed by atoms with Gasteiger partial charge in [0.2, 0.25) is 15.9 Å². The van der Waals surface area contributed by atoms with Gasteiger partial charge in [0.05, 0.1) is 10.3 Å². The van der Waals surface area contributed by atoms with Gasteiger partial charge >= 0.3 is 0 Å². The lowest BCUT2D eigenvalue weighted by Gasteiger charge is -2.18. The van der Waals surface area contributed by atoms with Crippen LogP contribution in [0.3, 0.4) is 0 Å². The van der Waals surface area contributed by atoms with Gasteiger partial charge in [-0.15, -0.1) is 0 Å². The maximum Gasteiger partial charge on any atom is 0.240 e. The predicted molar refractivity (Wildman–Crippen MR) is 82.9 cm³/mol. The van der Waals surface area contributed by atoms with Crippen molar-refractivity contribution < 1.29 is 13.2 Å². The van der Waals surface area contributed by atoms with Gasteiger partial charge in [-0.1, -0.05) is 6.92 Å². The number of carbonyl (C=O) groups excluding carboxylic acids is 1. The van der Waals surface area contributed by atoms with E-state index in [2.05, 4.69) is 10.0 Å². The molecule has 21 heavy (non-hydrogen) atoms. The zero-order valence-electron chi connectivity index (χ0n) is 13.1. The second kappa shape index (κ2) is 5.10. The second-order valence-electron chi connectivity index (χ2n) is 6.17. The van der Waals surface area contributed by atoms with Gasteiger partial charge in [-0.3, -0.25) is 4.79 Å². The zero-order chi connectivity index (χ0) is 16.0. The molecule has 116 valence electrons. The molecule has 6 heteroatoms. The summed E-state index contributed by atoms with van der Waals surface area (Å²) in [6, 6.07) is 3.08. The summed E-state index contributed by atoms with van der Waals surface area (Å²) in [4.78, 5) is 12.2. The Morgan fingerprint density at radius 1 is 1.33 bits per heavy atom. The van der Waals surface area contributed by atoms with Crippen molar-refractivity contribution in [1.29, 1.82) is 0 Å². The van der Waals surface area contributed by atoms with Crippen LogP contribution in [-0.2, 0) is 20.2 Å². The minimum atomic E-state index is -3.57. The molecule has 0 spiro atoms. The number of rotatable bonds is 4. The minimum absolute atomic E-state index is 0.106. The molecule has 2 N–H and O–H groups in total. The zero-order valence-corrected chi connectivity index (χ0v) is 13.9. The van der Waals surface area contributed by atoms with E-state index < -0.39 is 15.4 Å². The number of nitrogens with one attached hydrogen (secondary N) is 2. The predicted octanol–water partition coefficient (Wildman–Crippen LogP) is 2.30. The van der Waals surface area contributed by atoms with Gasteiger partial charge in [0.1, 0.15) is 0 Å². The highest BCUT2D eigenvalue weighted by Crippen LogP contribution is 2.40. The van der Waals surface area contributed by atoms with Gasteiger partial charge in [0.25, 0.3) is 0 Å². The van der Waals surface area contributed by atoms with E-state index in [0.29, 0.717) is 6.42 Å². The van der Waals surface area contributed by atoms with Crippen LogP contribution < -0.4 is 10.0 Å². The van der Waals surface area contributed by atoms with E-state index >= 15 is 0 Å². The first-order chi connectivity index (χ1) is 9.59. The number of anilines is 1. The molecule has 1 aliphatic heterocycles. The summed E-state index contributed by atoms with van der Waals surface area (Å²) in [5, 5.41) is 2.83. The van der Waals surface area contributed by atoms with Crippen molar-refractivity contribution in [1.82, 2.24) is 4.72 Å². The van der Waals surface area contributed by atoms with E-state index in [1.54, 1.807) is 26.0 Å². The lowest BCUT2D eigenvalue weighted by atomic mass is 9.85. The molecule has 0 bridgehead atoms. The molecule has 0 fully saturated rings. The lowest BCUT2D eigenvalue weighted by molar-refractivity contribution is -0.119. The third-order valence-electron chi connectivity index (χ3n) is 4.07. The Morgan fingerprint density at radius 2 is 1.95 bits per heavy atom. The summed E-state index contributed by atoms with van der Waals surface area (Å²) in [5.41, 5.74) is 1.50. The fourth-order valence-corrected chi connectivity index (χ4v) is 3.81. The number of sulfonamides is 1. The molecular formula is C15H22N2O3S. The van der Waals surface area contributed by atoms with Crippen LogP contribution >= 0.6 is 0 Å². The van der Waals surface area contributed by atoms with Gasteiger partial charge in [-0.25, -0.2) is 13.1 Å². The SMILES string of the molecule is CCC(C)NS(=O)(=O)c1cc(C)c2c(c1)C(C)(C)C(=O)N2. The van der Waals surface area contributed by atoms with Crippen LogP contribution in [0.1, 0.15) is 45.2 Å². The summed E-state index contributed by atoms with van der Waals surface area (Å²) in [6.45, 7) is 9.15. The first kappa shape index (κ1) is 16.0. The molecule has 0 aromatic heterocycles. The van der Waals surface area contributed by atoms with Gasteiger partial charge < -0.3 is 5.32 Å². The van der Waals surface area contributed by atoms with E-state index in [1.165, 1.54) is 0 Å². The van der Waals surface area contributed by atoms with E-state index in [0.717, 1.165) is 16.8 Å². The van der Waals surface area contributed by atoms with Crippen molar-refractivity contribution in [3.8, 4) is 0 Å². The number of hydrogen-bond acceptors (Lipinski definition) is 3. The second-order valence-corrected chi connectivity index (χ2v) is 7.89. The van der Waals surface area contributed by atoms with E-state index in [9.17, 15) is 13.2 Å². The molecule has 0 radical (unpaired) electrons. The quantitative estimate of drug-likeness (QED) is 0.896. The largest absolute Gasteiger partial charge is 0.325 e. The average molecular weight is 310 g/mol. The molecular weight excluding hydrogens is 288 g/mol. The molecule has 1 amide bonds. The number of carbonyl (C=O) groups is 1. The van der Waals surface area contributed by atoms with Crippen LogP contribution in [0, 0.1) is 6.92 Å². The molecule has 0 saturated heterocycles. The topological polar surface area (TPSA) is 75.3 Å². The maximum atomic E-state index is 12.4. The Hall–Kier alpha value is -1.40. The van der Waals surface area contributed by atoms with E-state index in [1.807, 2.05) is 20.8 Å². The minimum Gasteiger partial charge on any atom is -0.325 e. The normalized spacial score (nSPS) is 18.2. The highest BCUT2D eigenvalue weighted by molar-refractivity contribution is 7.89. The van der Waals surface area contributed by atoms with Crippen LogP contribution in [0.4, 0.5) is 5.69 Å². The third kappa shape index (κ3) is 2.70. The Morgan fingerprint density at radius 3 is 2.52 bits per heavy atom. The maximum absolute atomic E-state index is 12.4. The summed E-state index contributed by atoms with van der Waals surface area (Å²) < 4.78 is 27.5. The lowest BCUT2D eigenvalue weighted by Crippen LogP contribution is -2.32. The summed E-state index contributed by atoms with van der Waals surface area (Å²) in [7, 11) is -3.57. The highest BCUT2D eigenvalue weighted by atomic mass is 32.2. The number of hydrogen-bond donors (Lipinski definition) is 2. The Bertz CT molecular complexity index is 693. The fourth-order valence-electron chi connectivity index (χ4n) is 2.38. The fraction of sp³-hybridized carbons (Fsp3) is 0.533. The Balaban J connectivity index is 2.53. The third-order valence-corrected chi connectivity index (χ3v) is 5.64. The summed E-state index contributed by atoms with van der Waals surface area (Å²) in [5.74, 6) is -0.106. The van der Waals surface area contributed by atoms with Crippen LogP contribution in [0.25, 0.3) is 0 Å². The standard InChI is InChI=1S/C15H22N2O3S/c1-6-10(3)17-21(19,20)11-7-9(2)13-12(8-11)15(4,5)14(18)16-13/h7-8,10,17H,6H2,1-5H3,(H,16,18). The number of amides is 1. The molecule has 5 nitrogen and oxygen atoms in total. The molecule has 1 heterocycles. The molecule has 2 rings (SSSR count). The van der Waals surface area contributed by atoms with Crippen LogP contribution in [0.5, 0.6) is 0 Å². The molecule has 0 saturated carbocycles. The van der Waals surface area contributed by atoms with Crippen molar-refractivity contribution in [3.05, 3.63) is 23.3 Å². The van der Waals surface area contributed by atoms with Crippen LogP contribution in [0.2, 0.25) is 0 Å². The van der Waals surface area contributed by atoms with Crippen molar-refractivity contribution in [3.63, 3.8) is 0 Å². The monoisotopic (exact) mass is 310 g/mol. The van der Waals surface area contributed by atoms with E-state index in [4.69, 9.17) is 0 Å². The van der Waals surface area contributed by atoms with Crippen molar-refractivity contribution in [2.45, 2.75) is 57.4 Å². The summed E-state index contributed by atoms with van der Waals surface area (Å²) >= 11 is 0. The van der Waals surface area contributed by atoms with Gasteiger partial charge in [-0.05, 0) is 57.4 Å². The van der Waals surface area contributed by atoms with Gasteiger partial charge in [-0.2, -0.15) is 0 Å². The number of fused-ring (bicyclic) bond motifs is 1. The summed E-state index contributed by atoms with van der Waals surface area (Å²) in [6.07, 6.45) is 0.717. The smallest absolute Gasteiger partial charge is 0.240 e. The van der Waals surface area contributed by atoms with Gasteiger partial charge in [0, 0.05) is 11.7 Å². The molecule has 1 aromatic carbocycles. The average Bonchev–Trinajstić information content (AvgIpc) is 2.61. The first-order valence-corrected chi connectivity index (χ1v) is 8.56. The number of benzene rings is 1. The molecule has 1 atom stereocenters. The Kier molecular flexibility index (Phi) is 3.88. The highest BCUT2D eigenvalue weighted by Gasteiger charge is 2.40. The molecule has 1 aliphatic rings. The van der Waals surface area contributed by atoms with Gasteiger partial charge in [0.15, 0.2) is 0 Å². The number of aryl methyl sites for hydroxylation is 1. The first-order valence-electron chi connectivity index (χ1n) is 7.08. The Labute approximate surface area is 126 Å². The molecule has 1 aromatic rings. The van der Waals surface area contributed by atoms with Crippen LogP contribution in [0.15, 0.2) is 17.0 Å². The molecule has 0 aliphatic carbocycles. The molecule has 1 unspecified atom stereocenters. The van der Waals surface area contributed by atoms with Crippen molar-refractivity contribution in [2.75, 3.05) is 5.32 Å².